The first kappa shape index (κ1) is 12.1. The molecule has 0 saturated carbocycles. The van der Waals surface area contributed by atoms with Crippen molar-refractivity contribution >= 4 is 5.97 Å². The van der Waals surface area contributed by atoms with Gasteiger partial charge in [-0.3, -0.25) is 4.79 Å². The molecule has 0 amide bonds. The molecule has 0 bridgehead atoms. The smallest absolute Gasteiger partial charge is 0.302 e. The molecule has 0 radical (unpaired) electrons. The lowest BCUT2D eigenvalue weighted by atomic mass is 10.1. The highest BCUT2D eigenvalue weighted by Gasteiger charge is 2.10. The second-order valence-corrected chi connectivity index (χ2v) is 2.96. The van der Waals surface area contributed by atoms with Crippen LogP contribution >= 0.6 is 0 Å². The molecule has 0 spiro atoms. The molecule has 0 aromatic rings. The quantitative estimate of drug-likeness (QED) is 0.349. The molecule has 0 heterocycles. The number of rotatable bonds is 7. The molecule has 2 nitrogen and oxygen atoms in total. The largest absolute Gasteiger partial charge is 0.460 e. The zero-order chi connectivity index (χ0) is 10.1. The molecular formula is C10H17FO2. The molecule has 0 aliphatic heterocycles. The summed E-state index contributed by atoms with van der Waals surface area (Å²) in [4.78, 5) is 10.5. The maximum atomic E-state index is 12.2. The molecule has 1 atom stereocenters. The van der Waals surface area contributed by atoms with E-state index in [1.54, 1.807) is 0 Å². The van der Waals surface area contributed by atoms with Crippen LogP contribution < -0.4 is 0 Å². The highest BCUT2D eigenvalue weighted by atomic mass is 19.1. The Labute approximate surface area is 78.8 Å². The minimum Gasteiger partial charge on any atom is -0.460 e. The summed E-state index contributed by atoms with van der Waals surface area (Å²) in [7, 11) is 0. The summed E-state index contributed by atoms with van der Waals surface area (Å²) in [5.41, 5.74) is 0. The molecule has 76 valence electrons. The van der Waals surface area contributed by atoms with E-state index >= 15 is 0 Å². The fraction of sp³-hybridized carbons (Fsp3) is 0.700. The van der Waals surface area contributed by atoms with Gasteiger partial charge in [-0.2, -0.15) is 0 Å². The highest BCUT2D eigenvalue weighted by Crippen LogP contribution is 2.08. The van der Waals surface area contributed by atoms with Gasteiger partial charge in [0, 0.05) is 6.92 Å². The summed E-state index contributed by atoms with van der Waals surface area (Å²) in [6.45, 7) is 4.29. The summed E-state index contributed by atoms with van der Waals surface area (Å²) in [6.07, 6.45) is 4.65. The maximum Gasteiger partial charge on any atom is 0.302 e. The fourth-order valence-electron chi connectivity index (χ4n) is 1.06. The zero-order valence-corrected chi connectivity index (χ0v) is 8.09. The second kappa shape index (κ2) is 7.77. The summed E-state index contributed by atoms with van der Waals surface area (Å²) in [6, 6.07) is 0. The van der Waals surface area contributed by atoms with Gasteiger partial charge in [-0.25, -0.2) is 4.39 Å². The molecule has 0 saturated heterocycles. The summed E-state index contributed by atoms with van der Waals surface area (Å²) < 4.78 is 17.0. The molecule has 0 aromatic carbocycles. The van der Waals surface area contributed by atoms with Gasteiger partial charge in [-0.1, -0.05) is 6.08 Å². The average molecular weight is 188 g/mol. The van der Waals surface area contributed by atoms with Crippen LogP contribution in [0.3, 0.4) is 0 Å². The van der Waals surface area contributed by atoms with E-state index in [2.05, 4.69) is 6.58 Å². The van der Waals surface area contributed by atoms with E-state index in [0.29, 0.717) is 6.42 Å². The summed E-state index contributed by atoms with van der Waals surface area (Å²) in [5.74, 6) is -0.411. The van der Waals surface area contributed by atoms with E-state index < -0.39 is 18.7 Å². The molecular weight excluding hydrogens is 171 g/mol. The molecule has 0 aliphatic carbocycles. The Morgan fingerprint density at radius 1 is 1.62 bits per heavy atom. The fourth-order valence-corrected chi connectivity index (χ4v) is 1.06. The van der Waals surface area contributed by atoms with Gasteiger partial charge in [-0.05, 0) is 25.7 Å². The first-order valence-electron chi connectivity index (χ1n) is 4.54. The highest BCUT2D eigenvalue weighted by molar-refractivity contribution is 5.66. The number of unbranched alkanes of at least 4 members (excludes halogenated alkanes) is 2. The van der Waals surface area contributed by atoms with Crippen molar-refractivity contribution in [3.8, 4) is 0 Å². The minimum atomic E-state index is -0.590. The van der Waals surface area contributed by atoms with E-state index in [1.165, 1.54) is 6.92 Å². The Balaban J connectivity index is 3.47. The number of halogens is 1. The van der Waals surface area contributed by atoms with Crippen LogP contribution in [0.2, 0.25) is 0 Å². The van der Waals surface area contributed by atoms with Crippen molar-refractivity contribution in [2.75, 3.05) is 6.67 Å². The van der Waals surface area contributed by atoms with Gasteiger partial charge in [-0.15, -0.1) is 6.58 Å². The molecule has 0 aliphatic rings. The third kappa shape index (κ3) is 7.50. The van der Waals surface area contributed by atoms with Gasteiger partial charge in [0.15, 0.2) is 0 Å². The minimum absolute atomic E-state index is 0.411. The maximum absolute atomic E-state index is 12.2. The number of ether oxygens (including phenoxy) is 1. The number of allylic oxidation sites excluding steroid dienone is 1. The lowest BCUT2D eigenvalue weighted by molar-refractivity contribution is -0.147. The van der Waals surface area contributed by atoms with E-state index in [1.807, 2.05) is 6.08 Å². The van der Waals surface area contributed by atoms with Crippen LogP contribution in [0, 0.1) is 0 Å². The summed E-state index contributed by atoms with van der Waals surface area (Å²) >= 11 is 0. The van der Waals surface area contributed by atoms with Crippen LogP contribution in [0.1, 0.15) is 32.6 Å². The number of alkyl halides is 1. The molecule has 13 heavy (non-hydrogen) atoms. The molecule has 0 N–H and O–H groups in total. The number of hydrogen-bond acceptors (Lipinski definition) is 2. The predicted molar refractivity (Wildman–Crippen MR) is 50.2 cm³/mol. The van der Waals surface area contributed by atoms with Crippen LogP contribution in [-0.2, 0) is 9.53 Å². The molecule has 0 fully saturated rings. The Morgan fingerprint density at radius 3 is 2.77 bits per heavy atom. The predicted octanol–water partition coefficient (Wildman–Crippen LogP) is 2.63. The van der Waals surface area contributed by atoms with Gasteiger partial charge in [0.1, 0.15) is 12.8 Å². The number of hydrogen-bond donors (Lipinski definition) is 0. The van der Waals surface area contributed by atoms with Crippen molar-refractivity contribution in [3.05, 3.63) is 12.7 Å². The van der Waals surface area contributed by atoms with E-state index in [4.69, 9.17) is 4.74 Å². The van der Waals surface area contributed by atoms with E-state index in [0.717, 1.165) is 19.3 Å². The van der Waals surface area contributed by atoms with Crippen molar-refractivity contribution < 1.29 is 13.9 Å². The molecule has 0 unspecified atom stereocenters. The van der Waals surface area contributed by atoms with Crippen molar-refractivity contribution in [1.29, 1.82) is 0 Å². The first-order chi connectivity index (χ1) is 6.20. The Bertz CT molecular complexity index is 157. The van der Waals surface area contributed by atoms with Gasteiger partial charge in [0.05, 0.1) is 0 Å². The molecule has 3 heteroatoms. The number of carbonyl (C=O) groups excluding carboxylic acids is 1. The molecule has 0 aromatic heterocycles. The van der Waals surface area contributed by atoms with E-state index in [9.17, 15) is 9.18 Å². The van der Waals surface area contributed by atoms with Crippen LogP contribution in [0.15, 0.2) is 12.7 Å². The van der Waals surface area contributed by atoms with Gasteiger partial charge in [0.25, 0.3) is 0 Å². The van der Waals surface area contributed by atoms with Crippen LogP contribution in [0.25, 0.3) is 0 Å². The third-order valence-electron chi connectivity index (χ3n) is 1.69. The Hall–Kier alpha value is -0.860. The van der Waals surface area contributed by atoms with Crippen LogP contribution in [-0.4, -0.2) is 18.7 Å². The first-order valence-corrected chi connectivity index (χ1v) is 4.54. The SMILES string of the molecule is C=CCCCC[C@@H](CF)OC(C)=O. The second-order valence-electron chi connectivity index (χ2n) is 2.96. The Morgan fingerprint density at radius 2 is 2.31 bits per heavy atom. The van der Waals surface area contributed by atoms with Gasteiger partial charge in [0.2, 0.25) is 0 Å². The number of carbonyl (C=O) groups is 1. The normalized spacial score (nSPS) is 12.2. The monoisotopic (exact) mass is 188 g/mol. The average Bonchev–Trinajstić information content (AvgIpc) is 2.09. The van der Waals surface area contributed by atoms with Gasteiger partial charge >= 0.3 is 5.97 Å². The topological polar surface area (TPSA) is 26.3 Å². The van der Waals surface area contributed by atoms with Crippen molar-refractivity contribution in [1.82, 2.24) is 0 Å². The third-order valence-corrected chi connectivity index (χ3v) is 1.69. The lowest BCUT2D eigenvalue weighted by Gasteiger charge is -2.12. The zero-order valence-electron chi connectivity index (χ0n) is 8.09. The Kier molecular flexibility index (Phi) is 7.26. The number of esters is 1. The molecule has 0 rings (SSSR count). The van der Waals surface area contributed by atoms with Crippen molar-refractivity contribution in [3.63, 3.8) is 0 Å². The van der Waals surface area contributed by atoms with E-state index in [-0.39, 0.29) is 0 Å². The summed E-state index contributed by atoms with van der Waals surface area (Å²) in [5, 5.41) is 0. The van der Waals surface area contributed by atoms with Crippen LogP contribution in [0.4, 0.5) is 4.39 Å². The lowest BCUT2D eigenvalue weighted by Crippen LogP contribution is -2.18. The van der Waals surface area contributed by atoms with Crippen molar-refractivity contribution in [2.24, 2.45) is 0 Å². The van der Waals surface area contributed by atoms with Crippen molar-refractivity contribution in [2.45, 2.75) is 38.7 Å². The van der Waals surface area contributed by atoms with Crippen LogP contribution in [0.5, 0.6) is 0 Å². The standard InChI is InChI=1S/C10H17FO2/c1-3-4-5-6-7-10(8-11)13-9(2)12/h3,10H,1,4-8H2,2H3/t10-/m0/s1. The van der Waals surface area contributed by atoms with Gasteiger partial charge < -0.3 is 4.74 Å².